The first kappa shape index (κ1) is 20.1. The van der Waals surface area contributed by atoms with Crippen molar-refractivity contribution in [1.29, 1.82) is 0 Å². The smallest absolute Gasteiger partial charge is 0.111 e. The van der Waals surface area contributed by atoms with Gasteiger partial charge in [-0.2, -0.15) is 0 Å². The van der Waals surface area contributed by atoms with E-state index < -0.39 is 27.1 Å². The molecule has 5 unspecified atom stereocenters. The molecule has 1 fully saturated rings. The summed E-state index contributed by atoms with van der Waals surface area (Å²) in [4.78, 5) is -7.33. The molecule has 0 nitrogen and oxygen atoms in total. The maximum Gasteiger partial charge on any atom is 0.159 e. The van der Waals surface area contributed by atoms with Gasteiger partial charge >= 0.3 is 0 Å². The molecule has 0 spiro atoms. The van der Waals surface area contributed by atoms with E-state index in [0.29, 0.717) is 0 Å². The second-order valence-electron chi connectivity index (χ2n) is 5.04. The van der Waals surface area contributed by atoms with Gasteiger partial charge in [0.25, 0.3) is 0 Å². The van der Waals surface area contributed by atoms with E-state index in [1.807, 2.05) is 0 Å². The van der Waals surface area contributed by atoms with Crippen LogP contribution in [-0.2, 0) is 0 Å². The van der Waals surface area contributed by atoms with Crippen LogP contribution in [0.15, 0.2) is 20.1 Å². The molecule has 0 N–H and O–H groups in total. The SMILES string of the molecule is ClC1=C(Cl)C2(Cl)C(Cl)(C1(Cl)Br)C1(Cl)C(Cl)=C(Cl)C2(Cl)[C@]1(Cl)Br. The lowest BCUT2D eigenvalue weighted by Crippen LogP contribution is -2.64. The predicted octanol–water partition coefficient (Wildman–Crippen LogP) is 7.98. The highest BCUT2D eigenvalue weighted by Gasteiger charge is 2.98. The van der Waals surface area contributed by atoms with Gasteiger partial charge in [0.15, 0.2) is 7.57 Å². The summed E-state index contributed by atoms with van der Waals surface area (Å²) in [5.41, 5.74) is 0. The third-order valence-electron chi connectivity index (χ3n) is 4.29. The van der Waals surface area contributed by atoms with E-state index in [9.17, 15) is 0 Å². The van der Waals surface area contributed by atoms with E-state index in [0.717, 1.165) is 0 Å². The molecule has 3 rings (SSSR count). The van der Waals surface area contributed by atoms with Gasteiger partial charge in [-0.1, -0.05) is 89.9 Å². The van der Waals surface area contributed by atoms with Gasteiger partial charge in [0.2, 0.25) is 0 Å². The fourth-order valence-corrected chi connectivity index (χ4v) is 11.2. The summed E-state index contributed by atoms with van der Waals surface area (Å²) < 4.78 is -3.38. The monoisotopic (exact) mass is 628 g/mol. The molecule has 0 amide bonds. The zero-order chi connectivity index (χ0) is 17.3. The lowest BCUT2D eigenvalue weighted by Gasteiger charge is -2.49. The highest BCUT2D eigenvalue weighted by Crippen LogP contribution is 2.89. The zero-order valence-corrected chi connectivity index (χ0v) is 20.3. The summed E-state index contributed by atoms with van der Waals surface area (Å²) in [5.74, 6) is 0. The highest BCUT2D eigenvalue weighted by molar-refractivity contribution is 9.11. The van der Waals surface area contributed by atoms with E-state index in [4.69, 9.17) is 116 Å². The normalized spacial score (nSPS) is 60.5. The number of fused-ring (bicyclic) bond motifs is 5. The van der Waals surface area contributed by atoms with Crippen molar-refractivity contribution in [2.45, 2.75) is 27.1 Å². The van der Waals surface area contributed by atoms with Gasteiger partial charge in [0.1, 0.15) is 19.5 Å². The van der Waals surface area contributed by atoms with Crippen LogP contribution in [0.25, 0.3) is 0 Å². The molecule has 12 heteroatoms. The van der Waals surface area contributed by atoms with Crippen molar-refractivity contribution in [3.63, 3.8) is 0 Å². The van der Waals surface area contributed by atoms with Gasteiger partial charge in [-0.3, -0.25) is 0 Å². The summed E-state index contributed by atoms with van der Waals surface area (Å²) in [5, 5.41) is -0.383. The first-order valence-electron chi connectivity index (χ1n) is 5.27. The summed E-state index contributed by atoms with van der Waals surface area (Å²) in [6.07, 6.45) is 0. The second-order valence-corrected chi connectivity index (χ2v) is 13.2. The maximum absolute atomic E-state index is 6.83. The number of rotatable bonds is 0. The Balaban J connectivity index is 2.57. The fraction of sp³-hybridized carbons (Fsp3) is 0.600. The van der Waals surface area contributed by atoms with Crippen molar-refractivity contribution in [2.24, 2.45) is 0 Å². The molecule has 6 atom stereocenters. The van der Waals surface area contributed by atoms with Crippen LogP contribution in [0.1, 0.15) is 0 Å². The largest absolute Gasteiger partial charge is 0.159 e. The van der Waals surface area contributed by atoms with Crippen LogP contribution in [0.2, 0.25) is 0 Å². The first-order valence-corrected chi connectivity index (χ1v) is 10.6. The van der Waals surface area contributed by atoms with Crippen LogP contribution in [-0.4, -0.2) is 27.1 Å². The Morgan fingerprint density at radius 2 is 0.909 bits per heavy atom. The fourth-order valence-electron chi connectivity index (χ4n) is 3.20. The van der Waals surface area contributed by atoms with E-state index >= 15 is 0 Å². The maximum atomic E-state index is 6.83. The molecule has 3 aliphatic rings. The standard InChI is InChI=1S/C10Br2Cl10/c11-8(20)4(16)3(15)5(17)6(18)1(13)2(14)7(19,9(5,8)21)10(6,12)22/t5?,6?,7?,8?,9?,10-/m1/s1. The van der Waals surface area contributed by atoms with Crippen LogP contribution in [0.3, 0.4) is 0 Å². The molecule has 3 aliphatic carbocycles. The number of allylic oxidation sites excluding steroid dienone is 4. The van der Waals surface area contributed by atoms with E-state index in [-0.39, 0.29) is 20.1 Å². The molecular formula is C10Br2Cl10. The van der Waals surface area contributed by atoms with E-state index in [1.165, 1.54) is 0 Å². The molecule has 22 heavy (non-hydrogen) atoms. The lowest BCUT2D eigenvalue weighted by atomic mass is 9.82. The van der Waals surface area contributed by atoms with Crippen molar-refractivity contribution >= 4 is 148 Å². The topological polar surface area (TPSA) is 0 Å². The summed E-state index contributed by atoms with van der Waals surface area (Å²) in [6, 6.07) is 0. The van der Waals surface area contributed by atoms with Crippen molar-refractivity contribution in [3.8, 4) is 0 Å². The molecule has 2 bridgehead atoms. The molecule has 0 radical (unpaired) electrons. The second kappa shape index (κ2) is 5.03. The Hall–Kier alpha value is 3.34. The van der Waals surface area contributed by atoms with Crippen molar-refractivity contribution < 1.29 is 0 Å². The Labute approximate surface area is 192 Å². The van der Waals surface area contributed by atoms with Crippen molar-refractivity contribution in [1.82, 2.24) is 0 Å². The number of halogens is 12. The Kier molecular flexibility index (Phi) is 4.59. The van der Waals surface area contributed by atoms with Crippen LogP contribution in [0.4, 0.5) is 0 Å². The average Bonchev–Trinajstić information content (AvgIpc) is 2.65. The number of alkyl halides is 8. The zero-order valence-electron chi connectivity index (χ0n) is 9.54. The van der Waals surface area contributed by atoms with Gasteiger partial charge in [0, 0.05) is 0 Å². The summed E-state index contributed by atoms with van der Waals surface area (Å²) >= 11 is 71.9. The van der Waals surface area contributed by atoms with Gasteiger partial charge in [0.05, 0.1) is 20.1 Å². The van der Waals surface area contributed by atoms with E-state index in [1.54, 1.807) is 0 Å². The molecule has 1 saturated carbocycles. The van der Waals surface area contributed by atoms with Crippen LogP contribution in [0, 0.1) is 0 Å². The minimum atomic E-state index is -1.85. The van der Waals surface area contributed by atoms with Gasteiger partial charge in [-0.05, 0) is 0 Å². The number of hydrogen-bond acceptors (Lipinski definition) is 0. The molecule has 0 aromatic heterocycles. The molecule has 124 valence electrons. The quantitative estimate of drug-likeness (QED) is 0.237. The van der Waals surface area contributed by atoms with E-state index in [2.05, 4.69) is 31.9 Å². The van der Waals surface area contributed by atoms with Gasteiger partial charge in [-0.25, -0.2) is 0 Å². The third-order valence-corrected chi connectivity index (χ3v) is 14.6. The Morgan fingerprint density at radius 3 is 1.36 bits per heavy atom. The Bertz CT molecular complexity index is 685. The molecule has 0 aliphatic heterocycles. The molecular weight excluding hydrogens is 634 g/mol. The van der Waals surface area contributed by atoms with Crippen LogP contribution in [0.5, 0.6) is 0 Å². The van der Waals surface area contributed by atoms with Gasteiger partial charge < -0.3 is 0 Å². The number of hydrogen-bond donors (Lipinski definition) is 0. The molecule has 0 aromatic rings. The lowest BCUT2D eigenvalue weighted by molar-refractivity contribution is 0.468. The minimum absolute atomic E-state index is 0.0774. The molecule has 0 saturated heterocycles. The summed E-state index contributed by atoms with van der Waals surface area (Å²) in [7, 11) is 0. The Morgan fingerprint density at radius 1 is 0.545 bits per heavy atom. The van der Waals surface area contributed by atoms with Crippen molar-refractivity contribution in [2.75, 3.05) is 0 Å². The summed E-state index contributed by atoms with van der Waals surface area (Å²) in [6.45, 7) is 0. The molecule has 0 heterocycles. The third kappa shape index (κ3) is 1.46. The van der Waals surface area contributed by atoms with Crippen LogP contribution < -0.4 is 0 Å². The van der Waals surface area contributed by atoms with Crippen LogP contribution >= 0.6 is 148 Å². The molecule has 0 aromatic carbocycles. The first-order chi connectivity index (χ1) is 9.63. The average molecular weight is 634 g/mol. The highest BCUT2D eigenvalue weighted by atomic mass is 79.9. The van der Waals surface area contributed by atoms with Gasteiger partial charge in [-0.15, -0.1) is 58.0 Å². The predicted molar refractivity (Wildman–Crippen MR) is 107 cm³/mol. The van der Waals surface area contributed by atoms with Crippen molar-refractivity contribution in [3.05, 3.63) is 20.1 Å². The minimum Gasteiger partial charge on any atom is -0.111 e.